The molecule has 3 aromatic carbocycles. The van der Waals surface area contributed by atoms with Crippen molar-refractivity contribution in [3.8, 4) is 5.69 Å². The van der Waals surface area contributed by atoms with Gasteiger partial charge in [0.25, 0.3) is 11.5 Å². The number of fused-ring (bicyclic) bond motifs is 1. The Hall–Kier alpha value is -5.32. The molecule has 1 aliphatic heterocycles. The van der Waals surface area contributed by atoms with E-state index in [1.54, 1.807) is 30.3 Å². The van der Waals surface area contributed by atoms with Crippen LogP contribution in [0.5, 0.6) is 0 Å². The van der Waals surface area contributed by atoms with Gasteiger partial charge in [-0.25, -0.2) is 18.2 Å². The van der Waals surface area contributed by atoms with Crippen molar-refractivity contribution in [2.45, 2.75) is 26.3 Å². The predicted octanol–water partition coefficient (Wildman–Crippen LogP) is 5.54. The van der Waals surface area contributed by atoms with Crippen LogP contribution < -0.4 is 15.8 Å². The maximum absolute atomic E-state index is 13.9. The summed E-state index contributed by atoms with van der Waals surface area (Å²) in [6.45, 7) is 2.78. The zero-order valence-corrected chi connectivity index (χ0v) is 24.3. The molecule has 0 unspecified atom stereocenters. The molecule has 0 saturated carbocycles. The van der Waals surface area contributed by atoms with Gasteiger partial charge >= 0.3 is 0 Å². The quantitative estimate of drug-likeness (QED) is 0.243. The molecule has 3 heterocycles. The number of hydrogen-bond acceptors (Lipinski definition) is 6. The number of pyridine rings is 1. The van der Waals surface area contributed by atoms with Gasteiger partial charge in [-0.2, -0.15) is 4.98 Å². The smallest absolute Gasteiger partial charge is 0.256 e. The van der Waals surface area contributed by atoms with Crippen LogP contribution >= 0.6 is 0 Å². The van der Waals surface area contributed by atoms with Gasteiger partial charge in [0.15, 0.2) is 11.4 Å². The third-order valence-corrected chi connectivity index (χ3v) is 8.05. The van der Waals surface area contributed by atoms with Crippen LogP contribution in [-0.4, -0.2) is 39.3 Å². The number of nitrogens with one attached hydrogen (secondary N) is 1. The van der Waals surface area contributed by atoms with Crippen LogP contribution in [0.15, 0.2) is 83.7 Å². The van der Waals surface area contributed by atoms with Crippen LogP contribution in [0.3, 0.4) is 0 Å². The highest BCUT2D eigenvalue weighted by molar-refractivity contribution is 5.98. The predicted molar refractivity (Wildman–Crippen MR) is 163 cm³/mol. The number of Topliss-reactive ketones (excluding diaryl/α,β-unsaturated/α-hetero) is 1. The molecule has 6 rings (SSSR count). The zero-order chi connectivity index (χ0) is 31.7. The second-order valence-corrected chi connectivity index (χ2v) is 11.0. The summed E-state index contributed by atoms with van der Waals surface area (Å²) in [7, 11) is 0. The number of ketones is 1. The highest BCUT2D eigenvalue weighted by Crippen LogP contribution is 2.27. The molecule has 1 saturated heterocycles. The molecule has 0 atom stereocenters. The first-order chi connectivity index (χ1) is 21.7. The van der Waals surface area contributed by atoms with E-state index in [-0.39, 0.29) is 35.2 Å². The second kappa shape index (κ2) is 12.4. The lowest BCUT2D eigenvalue weighted by Gasteiger charge is -2.31. The first-order valence-electron chi connectivity index (χ1n) is 14.5. The largest absolute Gasteiger partial charge is 0.348 e. The Labute approximate surface area is 256 Å². The SMILES string of the molecule is Cc1nc(N2CCC(C(=O)c3ccc(F)cc3)CC2)nc2c1ccc(=O)n2-c1ccc(C(=O)NCc2ccc(F)cc2F)cc1. The summed E-state index contributed by atoms with van der Waals surface area (Å²) in [5.74, 6) is -2.07. The van der Waals surface area contributed by atoms with E-state index >= 15 is 0 Å². The Morgan fingerprint density at radius 3 is 2.20 bits per heavy atom. The van der Waals surface area contributed by atoms with Crippen LogP contribution in [0.25, 0.3) is 16.7 Å². The lowest BCUT2D eigenvalue weighted by Crippen LogP contribution is -2.37. The highest BCUT2D eigenvalue weighted by atomic mass is 19.1. The number of aryl methyl sites for hydroxylation is 1. The summed E-state index contributed by atoms with van der Waals surface area (Å²) >= 11 is 0. The lowest BCUT2D eigenvalue weighted by molar-refractivity contribution is 0.0899. The number of rotatable bonds is 7. The standard InChI is InChI=1S/C34H28F3N5O3/c1-20-28-12-13-30(43)42(27-10-5-23(6-11-27)33(45)38-19-24-4-9-26(36)18-29(24)37)32(28)40-34(39-20)41-16-14-22(15-17-41)31(44)21-2-7-25(35)8-3-21/h2-13,18,22H,14-17,19H2,1H3,(H,38,45). The Balaban J connectivity index is 1.21. The molecule has 2 aromatic heterocycles. The van der Waals surface area contributed by atoms with Crippen LogP contribution in [0.4, 0.5) is 19.1 Å². The van der Waals surface area contributed by atoms with E-state index in [2.05, 4.69) is 5.32 Å². The van der Waals surface area contributed by atoms with E-state index in [1.165, 1.54) is 41.0 Å². The third-order valence-electron chi connectivity index (χ3n) is 8.05. The summed E-state index contributed by atoms with van der Waals surface area (Å²) in [4.78, 5) is 50.2. The van der Waals surface area contributed by atoms with Gasteiger partial charge in [0.1, 0.15) is 17.5 Å². The normalized spacial score (nSPS) is 13.6. The summed E-state index contributed by atoms with van der Waals surface area (Å²) in [6.07, 6.45) is 1.16. The topological polar surface area (TPSA) is 97.2 Å². The van der Waals surface area contributed by atoms with Crippen molar-refractivity contribution in [1.29, 1.82) is 0 Å². The van der Waals surface area contributed by atoms with Crippen molar-refractivity contribution < 1.29 is 22.8 Å². The number of nitrogens with zero attached hydrogens (tertiary/aromatic N) is 4. The van der Waals surface area contributed by atoms with E-state index in [0.29, 0.717) is 65.4 Å². The number of amides is 1. The average Bonchev–Trinajstić information content (AvgIpc) is 3.04. The molecule has 0 bridgehead atoms. The number of hydrogen-bond donors (Lipinski definition) is 1. The van der Waals surface area contributed by atoms with Gasteiger partial charge in [-0.3, -0.25) is 19.0 Å². The minimum absolute atomic E-state index is 0.0150. The van der Waals surface area contributed by atoms with E-state index in [1.807, 2.05) is 11.8 Å². The second-order valence-electron chi connectivity index (χ2n) is 11.0. The number of aromatic nitrogens is 3. The molecule has 228 valence electrons. The van der Waals surface area contributed by atoms with Crippen LogP contribution in [-0.2, 0) is 6.54 Å². The molecule has 1 fully saturated rings. The van der Waals surface area contributed by atoms with Crippen LogP contribution in [0.1, 0.15) is 44.8 Å². The molecule has 1 N–H and O–H groups in total. The van der Waals surface area contributed by atoms with Gasteiger partial charge in [-0.1, -0.05) is 6.07 Å². The molecule has 0 aliphatic carbocycles. The molecule has 5 aromatic rings. The zero-order valence-electron chi connectivity index (χ0n) is 24.3. The van der Waals surface area contributed by atoms with E-state index < -0.39 is 17.5 Å². The maximum Gasteiger partial charge on any atom is 0.256 e. The van der Waals surface area contributed by atoms with Crippen molar-refractivity contribution in [2.75, 3.05) is 18.0 Å². The third kappa shape index (κ3) is 6.19. The monoisotopic (exact) mass is 611 g/mol. The summed E-state index contributed by atoms with van der Waals surface area (Å²) in [6, 6.07) is 18.2. The van der Waals surface area contributed by atoms with Gasteiger partial charge in [0, 0.05) is 59.8 Å². The maximum atomic E-state index is 13.9. The summed E-state index contributed by atoms with van der Waals surface area (Å²) in [5, 5.41) is 3.30. The molecule has 0 radical (unpaired) electrons. The van der Waals surface area contributed by atoms with Gasteiger partial charge in [0.05, 0.1) is 11.4 Å². The first-order valence-corrected chi connectivity index (χ1v) is 14.5. The van der Waals surface area contributed by atoms with Crippen LogP contribution in [0, 0.1) is 30.3 Å². The molecule has 1 amide bonds. The van der Waals surface area contributed by atoms with Crippen molar-refractivity contribution >= 4 is 28.7 Å². The number of benzene rings is 3. The van der Waals surface area contributed by atoms with Crippen molar-refractivity contribution in [1.82, 2.24) is 19.9 Å². The molecule has 45 heavy (non-hydrogen) atoms. The Morgan fingerprint density at radius 1 is 0.844 bits per heavy atom. The van der Waals surface area contributed by atoms with E-state index in [0.717, 1.165) is 12.1 Å². The van der Waals surface area contributed by atoms with Gasteiger partial charge in [-0.15, -0.1) is 0 Å². The van der Waals surface area contributed by atoms with Crippen molar-refractivity contribution in [2.24, 2.45) is 5.92 Å². The number of anilines is 1. The van der Waals surface area contributed by atoms with Gasteiger partial charge < -0.3 is 10.2 Å². The van der Waals surface area contributed by atoms with Gasteiger partial charge in [-0.05, 0) is 80.4 Å². The van der Waals surface area contributed by atoms with Crippen molar-refractivity contribution in [3.63, 3.8) is 0 Å². The minimum Gasteiger partial charge on any atom is -0.348 e. The first kappa shape index (κ1) is 29.7. The molecular weight excluding hydrogens is 583 g/mol. The molecular formula is C34H28F3N5O3. The summed E-state index contributed by atoms with van der Waals surface area (Å²) < 4.78 is 41.9. The average molecular weight is 612 g/mol. The molecule has 0 spiro atoms. The number of carbonyl (C=O) groups excluding carboxylic acids is 2. The highest BCUT2D eigenvalue weighted by Gasteiger charge is 2.27. The number of carbonyl (C=O) groups is 2. The number of halogens is 3. The van der Waals surface area contributed by atoms with E-state index in [4.69, 9.17) is 9.97 Å². The fraction of sp³-hybridized carbons (Fsp3) is 0.206. The molecule has 1 aliphatic rings. The van der Waals surface area contributed by atoms with Gasteiger partial charge in [0.2, 0.25) is 5.95 Å². The summed E-state index contributed by atoms with van der Waals surface area (Å²) in [5.41, 5.74) is 2.17. The van der Waals surface area contributed by atoms with Crippen LogP contribution in [0.2, 0.25) is 0 Å². The molecule has 8 nitrogen and oxygen atoms in total. The van der Waals surface area contributed by atoms with E-state index in [9.17, 15) is 27.6 Å². The fourth-order valence-electron chi connectivity index (χ4n) is 5.54. The fourth-order valence-corrected chi connectivity index (χ4v) is 5.54. The Morgan fingerprint density at radius 2 is 1.51 bits per heavy atom. The van der Waals surface area contributed by atoms with Crippen molar-refractivity contribution in [3.05, 3.63) is 129 Å². The Kier molecular flexibility index (Phi) is 8.16. The Bertz CT molecular complexity index is 1970. The molecule has 11 heteroatoms. The lowest BCUT2D eigenvalue weighted by atomic mass is 9.89. The number of piperidine rings is 1. The minimum atomic E-state index is -0.750.